The first-order valence-electron chi connectivity index (χ1n) is 5.88. The van der Waals surface area contributed by atoms with Crippen molar-refractivity contribution in [3.05, 3.63) is 12.7 Å². The first-order valence-corrected chi connectivity index (χ1v) is 5.88. The second kappa shape index (κ2) is 6.66. The van der Waals surface area contributed by atoms with Crippen molar-refractivity contribution in [2.45, 2.75) is 32.4 Å². The molecule has 0 aromatic rings. The molecule has 0 aromatic carbocycles. The van der Waals surface area contributed by atoms with Gasteiger partial charge in [0.05, 0.1) is 12.1 Å². The summed E-state index contributed by atoms with van der Waals surface area (Å²) in [5, 5.41) is 6.01. The molecule has 0 radical (unpaired) electrons. The predicted molar refractivity (Wildman–Crippen MR) is 64.2 cm³/mol. The average molecular weight is 226 g/mol. The Hall–Kier alpha value is -0.870. The van der Waals surface area contributed by atoms with Gasteiger partial charge in [-0.05, 0) is 26.2 Å². The van der Waals surface area contributed by atoms with Crippen LogP contribution in [-0.4, -0.2) is 37.7 Å². The van der Waals surface area contributed by atoms with Gasteiger partial charge in [0.2, 0.25) is 5.91 Å². The van der Waals surface area contributed by atoms with Crippen molar-refractivity contribution in [2.75, 3.05) is 19.7 Å². The van der Waals surface area contributed by atoms with Crippen molar-refractivity contribution in [1.82, 2.24) is 10.6 Å². The van der Waals surface area contributed by atoms with Gasteiger partial charge in [0.1, 0.15) is 0 Å². The van der Waals surface area contributed by atoms with Crippen LogP contribution >= 0.6 is 0 Å². The molecule has 0 bridgehead atoms. The maximum atomic E-state index is 11.5. The SMILES string of the molecule is C=CCNC(=O)C(C)NCC1CCOC1C. The van der Waals surface area contributed by atoms with Gasteiger partial charge in [-0.25, -0.2) is 0 Å². The van der Waals surface area contributed by atoms with Crippen LogP contribution < -0.4 is 10.6 Å². The van der Waals surface area contributed by atoms with Gasteiger partial charge in [-0.15, -0.1) is 6.58 Å². The van der Waals surface area contributed by atoms with Crippen molar-refractivity contribution in [3.8, 4) is 0 Å². The van der Waals surface area contributed by atoms with Crippen LogP contribution in [0.4, 0.5) is 0 Å². The fraction of sp³-hybridized carbons (Fsp3) is 0.750. The maximum Gasteiger partial charge on any atom is 0.237 e. The molecule has 4 heteroatoms. The zero-order valence-corrected chi connectivity index (χ0v) is 10.2. The lowest BCUT2D eigenvalue weighted by atomic mass is 10.0. The molecular formula is C12H22N2O2. The van der Waals surface area contributed by atoms with E-state index < -0.39 is 0 Å². The van der Waals surface area contributed by atoms with Crippen LogP contribution in [0.25, 0.3) is 0 Å². The third kappa shape index (κ3) is 3.94. The molecule has 0 spiro atoms. The first-order chi connectivity index (χ1) is 7.65. The van der Waals surface area contributed by atoms with E-state index in [1.165, 1.54) is 0 Å². The third-order valence-electron chi connectivity index (χ3n) is 3.03. The molecule has 2 N–H and O–H groups in total. The van der Waals surface area contributed by atoms with E-state index in [4.69, 9.17) is 4.74 Å². The number of nitrogens with one attached hydrogen (secondary N) is 2. The highest BCUT2D eigenvalue weighted by atomic mass is 16.5. The molecule has 16 heavy (non-hydrogen) atoms. The van der Waals surface area contributed by atoms with Gasteiger partial charge < -0.3 is 15.4 Å². The molecule has 1 fully saturated rings. The van der Waals surface area contributed by atoms with Crippen molar-refractivity contribution in [1.29, 1.82) is 0 Å². The summed E-state index contributed by atoms with van der Waals surface area (Å²) in [6.07, 6.45) is 3.06. The van der Waals surface area contributed by atoms with E-state index in [9.17, 15) is 4.79 Å². The van der Waals surface area contributed by atoms with E-state index in [2.05, 4.69) is 24.1 Å². The summed E-state index contributed by atoms with van der Waals surface area (Å²) >= 11 is 0. The molecule has 4 nitrogen and oxygen atoms in total. The zero-order chi connectivity index (χ0) is 12.0. The van der Waals surface area contributed by atoms with Crippen LogP contribution in [0.1, 0.15) is 20.3 Å². The molecule has 3 atom stereocenters. The molecule has 1 rings (SSSR count). The molecule has 0 aliphatic carbocycles. The predicted octanol–water partition coefficient (Wildman–Crippen LogP) is 0.692. The molecule has 1 heterocycles. The highest BCUT2D eigenvalue weighted by Gasteiger charge is 2.24. The zero-order valence-electron chi connectivity index (χ0n) is 10.2. The van der Waals surface area contributed by atoms with Crippen molar-refractivity contribution >= 4 is 5.91 Å². The number of ether oxygens (including phenoxy) is 1. The minimum Gasteiger partial charge on any atom is -0.378 e. The van der Waals surface area contributed by atoms with Gasteiger partial charge >= 0.3 is 0 Å². The van der Waals surface area contributed by atoms with E-state index >= 15 is 0 Å². The molecule has 1 aliphatic heterocycles. The fourth-order valence-corrected chi connectivity index (χ4v) is 1.79. The molecule has 1 saturated heterocycles. The number of rotatable bonds is 6. The Bertz CT molecular complexity index is 243. The van der Waals surface area contributed by atoms with Gasteiger partial charge in [0, 0.05) is 19.7 Å². The Labute approximate surface area is 97.4 Å². The summed E-state index contributed by atoms with van der Waals surface area (Å²) in [5.74, 6) is 0.543. The van der Waals surface area contributed by atoms with Gasteiger partial charge in [0.15, 0.2) is 0 Å². The smallest absolute Gasteiger partial charge is 0.237 e. The fourth-order valence-electron chi connectivity index (χ4n) is 1.79. The van der Waals surface area contributed by atoms with E-state index in [1.54, 1.807) is 6.08 Å². The van der Waals surface area contributed by atoms with Crippen LogP contribution in [-0.2, 0) is 9.53 Å². The molecule has 3 unspecified atom stereocenters. The number of carbonyl (C=O) groups is 1. The molecular weight excluding hydrogens is 204 g/mol. The van der Waals surface area contributed by atoms with Crippen LogP contribution in [0.2, 0.25) is 0 Å². The normalized spacial score (nSPS) is 26.4. The molecule has 0 saturated carbocycles. The second-order valence-electron chi connectivity index (χ2n) is 4.29. The van der Waals surface area contributed by atoms with Crippen LogP contribution in [0.3, 0.4) is 0 Å². The Balaban J connectivity index is 2.20. The maximum absolute atomic E-state index is 11.5. The number of hydrogen-bond donors (Lipinski definition) is 2. The first kappa shape index (κ1) is 13.2. The molecule has 1 amide bonds. The monoisotopic (exact) mass is 226 g/mol. The minimum absolute atomic E-state index is 0.0199. The van der Waals surface area contributed by atoms with Gasteiger partial charge in [-0.2, -0.15) is 0 Å². The van der Waals surface area contributed by atoms with Crippen molar-refractivity contribution in [2.24, 2.45) is 5.92 Å². The van der Waals surface area contributed by atoms with Crippen LogP contribution in [0.5, 0.6) is 0 Å². The average Bonchev–Trinajstić information content (AvgIpc) is 2.68. The number of amides is 1. The van der Waals surface area contributed by atoms with Gasteiger partial charge in [-0.3, -0.25) is 4.79 Å². The van der Waals surface area contributed by atoms with Crippen LogP contribution in [0, 0.1) is 5.92 Å². The van der Waals surface area contributed by atoms with Crippen molar-refractivity contribution < 1.29 is 9.53 Å². The largest absolute Gasteiger partial charge is 0.378 e. The second-order valence-corrected chi connectivity index (χ2v) is 4.29. The lowest BCUT2D eigenvalue weighted by Crippen LogP contribution is -2.44. The number of hydrogen-bond acceptors (Lipinski definition) is 3. The summed E-state index contributed by atoms with van der Waals surface area (Å²) in [6, 6.07) is -0.159. The van der Waals surface area contributed by atoms with Gasteiger partial charge in [-0.1, -0.05) is 6.08 Å². The van der Waals surface area contributed by atoms with E-state index in [0.29, 0.717) is 18.6 Å². The van der Waals surface area contributed by atoms with E-state index in [0.717, 1.165) is 19.6 Å². The molecule has 1 aliphatic rings. The van der Waals surface area contributed by atoms with E-state index in [-0.39, 0.29) is 11.9 Å². The Kier molecular flexibility index (Phi) is 5.49. The summed E-state index contributed by atoms with van der Waals surface area (Å²) in [5.41, 5.74) is 0. The Morgan fingerprint density at radius 2 is 2.44 bits per heavy atom. The molecule has 92 valence electrons. The third-order valence-corrected chi connectivity index (χ3v) is 3.03. The minimum atomic E-state index is -0.159. The highest BCUT2D eigenvalue weighted by molar-refractivity contribution is 5.81. The summed E-state index contributed by atoms with van der Waals surface area (Å²) in [6.45, 7) is 9.71. The lowest BCUT2D eigenvalue weighted by Gasteiger charge is -2.18. The van der Waals surface area contributed by atoms with E-state index in [1.807, 2.05) is 6.92 Å². The lowest BCUT2D eigenvalue weighted by molar-refractivity contribution is -0.122. The van der Waals surface area contributed by atoms with Gasteiger partial charge in [0.25, 0.3) is 0 Å². The standard InChI is InChI=1S/C12H22N2O2/c1-4-6-13-12(15)9(2)14-8-11-5-7-16-10(11)3/h4,9-11,14H,1,5-8H2,2-3H3,(H,13,15). The van der Waals surface area contributed by atoms with Crippen LogP contribution in [0.15, 0.2) is 12.7 Å². The Morgan fingerprint density at radius 1 is 1.69 bits per heavy atom. The summed E-state index contributed by atoms with van der Waals surface area (Å²) in [7, 11) is 0. The number of carbonyl (C=O) groups excluding carboxylic acids is 1. The topological polar surface area (TPSA) is 50.4 Å². The van der Waals surface area contributed by atoms with Crippen molar-refractivity contribution in [3.63, 3.8) is 0 Å². The summed E-state index contributed by atoms with van der Waals surface area (Å²) in [4.78, 5) is 11.5. The highest BCUT2D eigenvalue weighted by Crippen LogP contribution is 2.19. The molecule has 0 aromatic heterocycles. The quantitative estimate of drug-likeness (QED) is 0.655. The Morgan fingerprint density at radius 3 is 3.00 bits per heavy atom. The summed E-state index contributed by atoms with van der Waals surface area (Å²) < 4.78 is 5.47.